The number of likely N-dealkylation sites (N-methyl/N-ethyl adjacent to an activating group) is 1. The normalized spacial score (nSPS) is 18.8. The van der Waals surface area contributed by atoms with Crippen molar-refractivity contribution in [1.29, 1.82) is 0 Å². The molecule has 1 fully saturated rings. The number of halogens is 2. The highest BCUT2D eigenvalue weighted by Crippen LogP contribution is 2.21. The summed E-state index contributed by atoms with van der Waals surface area (Å²) in [6, 6.07) is 5.17. The molecule has 7 heteroatoms. The van der Waals surface area contributed by atoms with Crippen LogP contribution in [0.5, 0.6) is 5.75 Å². The molecule has 1 saturated heterocycles. The highest BCUT2D eigenvalue weighted by molar-refractivity contribution is 6.06. The molecule has 1 aromatic carbocycles. The van der Waals surface area contributed by atoms with E-state index in [0.29, 0.717) is 12.2 Å². The molecule has 0 bridgehead atoms. The summed E-state index contributed by atoms with van der Waals surface area (Å²) < 4.78 is 28.2. The molecule has 1 heterocycles. The fraction of sp³-hybridized carbons (Fsp3) is 0.385. The van der Waals surface area contributed by atoms with Gasteiger partial charge in [0.1, 0.15) is 11.8 Å². The Balaban J connectivity index is 2.00. The fourth-order valence-corrected chi connectivity index (χ4v) is 2.06. The molecule has 2 rings (SSSR count). The van der Waals surface area contributed by atoms with E-state index >= 15 is 0 Å². The van der Waals surface area contributed by atoms with Crippen molar-refractivity contribution in [3.63, 3.8) is 0 Å². The van der Waals surface area contributed by atoms with Crippen LogP contribution in [-0.2, 0) is 9.59 Å². The van der Waals surface area contributed by atoms with Gasteiger partial charge in [-0.25, -0.2) is 0 Å². The Morgan fingerprint density at radius 3 is 2.50 bits per heavy atom. The molecule has 1 atom stereocenters. The molecule has 2 amide bonds. The lowest BCUT2D eigenvalue weighted by molar-refractivity contribution is -0.138. The standard InChI is InChI=1S/C13H14F2N2O3/c1-2-17-11(18)7-10(12(17)19)16-8-3-5-9(6-4-8)20-13(14)15/h3-6,10,13,16H,2,7H2,1H3. The minimum absolute atomic E-state index is 0.0366. The number of nitrogens with zero attached hydrogens (tertiary/aromatic N) is 1. The smallest absolute Gasteiger partial charge is 0.387 e. The van der Waals surface area contributed by atoms with Crippen LogP contribution in [0.25, 0.3) is 0 Å². The Morgan fingerprint density at radius 1 is 1.35 bits per heavy atom. The number of rotatable bonds is 5. The molecule has 0 spiro atoms. The minimum atomic E-state index is -2.87. The summed E-state index contributed by atoms with van der Waals surface area (Å²) in [5, 5.41) is 2.91. The monoisotopic (exact) mass is 284 g/mol. The van der Waals surface area contributed by atoms with Gasteiger partial charge in [-0.2, -0.15) is 8.78 Å². The predicted octanol–water partition coefficient (Wildman–Crippen LogP) is 1.85. The second-order valence-electron chi connectivity index (χ2n) is 4.28. The number of alkyl halides is 2. The van der Waals surface area contributed by atoms with Crippen LogP contribution < -0.4 is 10.1 Å². The van der Waals surface area contributed by atoms with Crippen molar-refractivity contribution in [3.8, 4) is 5.75 Å². The van der Waals surface area contributed by atoms with Crippen molar-refractivity contribution in [2.75, 3.05) is 11.9 Å². The van der Waals surface area contributed by atoms with E-state index in [0.717, 1.165) is 0 Å². The first-order valence-corrected chi connectivity index (χ1v) is 6.17. The van der Waals surface area contributed by atoms with Crippen molar-refractivity contribution in [2.45, 2.75) is 26.0 Å². The second-order valence-corrected chi connectivity index (χ2v) is 4.28. The zero-order valence-electron chi connectivity index (χ0n) is 10.8. The first-order valence-electron chi connectivity index (χ1n) is 6.17. The third-order valence-corrected chi connectivity index (χ3v) is 2.98. The molecule has 0 saturated carbocycles. The minimum Gasteiger partial charge on any atom is -0.435 e. The van der Waals surface area contributed by atoms with Gasteiger partial charge in [0.05, 0.1) is 6.42 Å². The average Bonchev–Trinajstić information content (AvgIpc) is 2.66. The molecule has 0 aromatic heterocycles. The molecule has 1 aromatic rings. The number of ether oxygens (including phenoxy) is 1. The van der Waals surface area contributed by atoms with Crippen LogP contribution in [0.4, 0.5) is 14.5 Å². The lowest BCUT2D eigenvalue weighted by Crippen LogP contribution is -2.34. The molecular weight excluding hydrogens is 270 g/mol. The van der Waals surface area contributed by atoms with Crippen LogP contribution in [0.2, 0.25) is 0 Å². The maximum Gasteiger partial charge on any atom is 0.387 e. The van der Waals surface area contributed by atoms with E-state index in [9.17, 15) is 18.4 Å². The fourth-order valence-electron chi connectivity index (χ4n) is 2.06. The van der Waals surface area contributed by atoms with E-state index in [1.54, 1.807) is 6.92 Å². The van der Waals surface area contributed by atoms with Gasteiger partial charge >= 0.3 is 6.61 Å². The largest absolute Gasteiger partial charge is 0.435 e. The van der Waals surface area contributed by atoms with E-state index in [1.165, 1.54) is 29.2 Å². The van der Waals surface area contributed by atoms with E-state index in [4.69, 9.17) is 0 Å². The van der Waals surface area contributed by atoms with Crippen molar-refractivity contribution in [3.05, 3.63) is 24.3 Å². The van der Waals surface area contributed by atoms with Crippen LogP contribution in [0.1, 0.15) is 13.3 Å². The van der Waals surface area contributed by atoms with Gasteiger partial charge in [-0.1, -0.05) is 0 Å². The summed E-state index contributed by atoms with van der Waals surface area (Å²) in [7, 11) is 0. The Morgan fingerprint density at radius 2 is 2.00 bits per heavy atom. The molecule has 108 valence electrons. The molecule has 5 nitrogen and oxygen atoms in total. The number of nitrogens with one attached hydrogen (secondary N) is 1. The summed E-state index contributed by atoms with van der Waals surface area (Å²) in [5.74, 6) is -0.451. The van der Waals surface area contributed by atoms with E-state index in [1.807, 2.05) is 0 Å². The number of carbonyl (C=O) groups is 2. The Bertz CT molecular complexity index is 505. The van der Waals surface area contributed by atoms with Gasteiger partial charge < -0.3 is 10.1 Å². The molecule has 1 unspecified atom stereocenters. The SMILES string of the molecule is CCN1C(=O)CC(Nc2ccc(OC(F)F)cc2)C1=O. The Labute approximate surface area is 114 Å². The van der Waals surface area contributed by atoms with Crippen molar-refractivity contribution in [2.24, 2.45) is 0 Å². The highest BCUT2D eigenvalue weighted by Gasteiger charge is 2.37. The number of anilines is 1. The topological polar surface area (TPSA) is 58.6 Å². The number of hydrogen-bond acceptors (Lipinski definition) is 4. The Hall–Kier alpha value is -2.18. The van der Waals surface area contributed by atoms with Gasteiger partial charge in [-0.15, -0.1) is 0 Å². The van der Waals surface area contributed by atoms with Gasteiger partial charge in [-0.3, -0.25) is 14.5 Å². The summed E-state index contributed by atoms with van der Waals surface area (Å²) in [4.78, 5) is 24.6. The van der Waals surface area contributed by atoms with Crippen LogP contribution in [-0.4, -0.2) is 35.9 Å². The number of carbonyl (C=O) groups excluding carboxylic acids is 2. The first-order chi connectivity index (χ1) is 9.51. The molecule has 0 radical (unpaired) electrons. The number of benzene rings is 1. The summed E-state index contributed by atoms with van der Waals surface area (Å²) in [5.41, 5.74) is 0.565. The number of likely N-dealkylation sites (tertiary alicyclic amines) is 1. The molecule has 20 heavy (non-hydrogen) atoms. The van der Waals surface area contributed by atoms with Crippen LogP contribution in [0, 0.1) is 0 Å². The number of hydrogen-bond donors (Lipinski definition) is 1. The molecule has 1 aliphatic heterocycles. The first kappa shape index (κ1) is 14.2. The van der Waals surface area contributed by atoms with E-state index < -0.39 is 12.7 Å². The number of amides is 2. The van der Waals surface area contributed by atoms with Gasteiger partial charge in [-0.05, 0) is 31.2 Å². The molecule has 1 aliphatic rings. The van der Waals surface area contributed by atoms with Gasteiger partial charge in [0, 0.05) is 12.2 Å². The van der Waals surface area contributed by atoms with Gasteiger partial charge in [0.15, 0.2) is 0 Å². The molecule has 1 N–H and O–H groups in total. The lowest BCUT2D eigenvalue weighted by atomic mass is 10.2. The summed E-state index contributed by atoms with van der Waals surface area (Å²) >= 11 is 0. The van der Waals surface area contributed by atoms with Crippen molar-refractivity contribution >= 4 is 17.5 Å². The van der Waals surface area contributed by atoms with Crippen molar-refractivity contribution in [1.82, 2.24) is 4.90 Å². The predicted molar refractivity (Wildman–Crippen MR) is 67.5 cm³/mol. The highest BCUT2D eigenvalue weighted by atomic mass is 19.3. The quantitative estimate of drug-likeness (QED) is 0.838. The average molecular weight is 284 g/mol. The maximum atomic E-state index is 12.0. The van der Waals surface area contributed by atoms with Gasteiger partial charge in [0.2, 0.25) is 5.91 Å². The number of imide groups is 1. The zero-order chi connectivity index (χ0) is 14.7. The van der Waals surface area contributed by atoms with Crippen molar-refractivity contribution < 1.29 is 23.1 Å². The second kappa shape index (κ2) is 5.85. The lowest BCUT2D eigenvalue weighted by Gasteiger charge is -2.14. The Kier molecular flexibility index (Phi) is 4.16. The van der Waals surface area contributed by atoms with Gasteiger partial charge in [0.25, 0.3) is 5.91 Å². The summed E-state index contributed by atoms with van der Waals surface area (Å²) in [6.07, 6.45) is 0.0992. The van der Waals surface area contributed by atoms with Crippen LogP contribution in [0.3, 0.4) is 0 Å². The van der Waals surface area contributed by atoms with Crippen LogP contribution in [0.15, 0.2) is 24.3 Å². The molecule has 0 aliphatic carbocycles. The third-order valence-electron chi connectivity index (χ3n) is 2.98. The maximum absolute atomic E-state index is 12.0. The molecular formula is C13H14F2N2O3. The van der Waals surface area contributed by atoms with E-state index in [-0.39, 0.29) is 24.0 Å². The third kappa shape index (κ3) is 3.04. The zero-order valence-corrected chi connectivity index (χ0v) is 10.8. The van der Waals surface area contributed by atoms with Crippen LogP contribution >= 0.6 is 0 Å². The summed E-state index contributed by atoms with van der Waals surface area (Å²) in [6.45, 7) is -0.799. The van der Waals surface area contributed by atoms with E-state index in [2.05, 4.69) is 10.1 Å².